The van der Waals surface area contributed by atoms with Gasteiger partial charge in [0.05, 0.1) is 0 Å². The summed E-state index contributed by atoms with van der Waals surface area (Å²) >= 11 is 0. The standard InChI is InChI=1S/C28H18N2/c29-19-27(20-30)28(26-16-15-23-8-4-5-9-25(23)18-26)17-12-21-10-13-24(14-11-21)22-6-2-1-3-7-22/h1-18H/b17-12+. The summed E-state index contributed by atoms with van der Waals surface area (Å²) in [5.74, 6) is 0. The van der Waals surface area contributed by atoms with Crippen LogP contribution in [0, 0.1) is 22.7 Å². The first-order chi connectivity index (χ1) is 14.8. The molecule has 4 aromatic rings. The van der Waals surface area contributed by atoms with Crippen molar-refractivity contribution in [2.75, 3.05) is 0 Å². The monoisotopic (exact) mass is 382 g/mol. The van der Waals surface area contributed by atoms with Crippen LogP contribution >= 0.6 is 0 Å². The molecule has 0 aliphatic heterocycles. The Morgan fingerprint density at radius 2 is 1.27 bits per heavy atom. The SMILES string of the molecule is N#CC(C#N)=C(/C=C/c1ccc(-c2ccccc2)cc1)c1ccc2ccccc2c1. The quantitative estimate of drug-likeness (QED) is 0.281. The predicted molar refractivity (Wildman–Crippen MR) is 123 cm³/mol. The van der Waals surface area contributed by atoms with Crippen LogP contribution in [0.1, 0.15) is 11.1 Å². The van der Waals surface area contributed by atoms with E-state index in [2.05, 4.69) is 24.3 Å². The number of benzene rings is 4. The summed E-state index contributed by atoms with van der Waals surface area (Å²) in [6, 6.07) is 36.5. The second-order valence-corrected chi connectivity index (χ2v) is 6.90. The first kappa shape index (κ1) is 18.9. The molecule has 0 spiro atoms. The van der Waals surface area contributed by atoms with Gasteiger partial charge in [0.15, 0.2) is 0 Å². The summed E-state index contributed by atoms with van der Waals surface area (Å²) in [5, 5.41) is 21.1. The van der Waals surface area contributed by atoms with Gasteiger partial charge in [-0.25, -0.2) is 0 Å². The molecule has 0 unspecified atom stereocenters. The number of nitriles is 2. The van der Waals surface area contributed by atoms with Crippen LogP contribution in [0.2, 0.25) is 0 Å². The van der Waals surface area contributed by atoms with E-state index < -0.39 is 0 Å². The largest absolute Gasteiger partial charge is 0.192 e. The molecular weight excluding hydrogens is 364 g/mol. The van der Waals surface area contributed by atoms with Crippen molar-refractivity contribution < 1.29 is 0 Å². The van der Waals surface area contributed by atoms with Gasteiger partial charge in [0.2, 0.25) is 0 Å². The highest BCUT2D eigenvalue weighted by atomic mass is 14.3. The molecule has 30 heavy (non-hydrogen) atoms. The fourth-order valence-electron chi connectivity index (χ4n) is 3.42. The zero-order valence-electron chi connectivity index (χ0n) is 16.3. The minimum Gasteiger partial charge on any atom is -0.192 e. The second-order valence-electron chi connectivity index (χ2n) is 6.90. The van der Waals surface area contributed by atoms with Gasteiger partial charge in [-0.15, -0.1) is 0 Å². The number of hydrogen-bond donors (Lipinski definition) is 0. The van der Waals surface area contributed by atoms with Gasteiger partial charge < -0.3 is 0 Å². The zero-order chi connectivity index (χ0) is 20.8. The third-order valence-electron chi connectivity index (χ3n) is 5.01. The van der Waals surface area contributed by atoms with E-state index in [1.165, 1.54) is 5.56 Å². The molecule has 4 aromatic carbocycles. The van der Waals surface area contributed by atoms with E-state index in [1.807, 2.05) is 97.1 Å². The van der Waals surface area contributed by atoms with Crippen molar-refractivity contribution in [3.05, 3.63) is 120 Å². The summed E-state index contributed by atoms with van der Waals surface area (Å²) in [5.41, 5.74) is 4.89. The van der Waals surface area contributed by atoms with E-state index in [-0.39, 0.29) is 5.57 Å². The summed E-state index contributed by atoms with van der Waals surface area (Å²) in [4.78, 5) is 0. The third kappa shape index (κ3) is 4.04. The molecule has 0 atom stereocenters. The molecule has 2 nitrogen and oxygen atoms in total. The summed E-state index contributed by atoms with van der Waals surface area (Å²) < 4.78 is 0. The molecule has 0 aliphatic carbocycles. The number of fused-ring (bicyclic) bond motifs is 1. The van der Waals surface area contributed by atoms with Crippen molar-refractivity contribution in [2.45, 2.75) is 0 Å². The molecule has 0 N–H and O–H groups in total. The molecule has 0 aliphatic rings. The molecule has 0 saturated carbocycles. The molecule has 0 aromatic heterocycles. The van der Waals surface area contributed by atoms with Crippen LogP contribution in [0.5, 0.6) is 0 Å². The maximum Gasteiger partial charge on any atom is 0.137 e. The molecule has 4 rings (SSSR count). The van der Waals surface area contributed by atoms with Crippen LogP contribution in [-0.4, -0.2) is 0 Å². The first-order valence-electron chi connectivity index (χ1n) is 9.66. The minimum absolute atomic E-state index is 0.0995. The molecule has 0 bridgehead atoms. The zero-order valence-corrected chi connectivity index (χ0v) is 16.3. The summed E-state index contributed by atoms with van der Waals surface area (Å²) in [6.45, 7) is 0. The van der Waals surface area contributed by atoms with Gasteiger partial charge in [-0.05, 0) is 39.1 Å². The minimum atomic E-state index is 0.0995. The van der Waals surface area contributed by atoms with E-state index >= 15 is 0 Å². The van der Waals surface area contributed by atoms with Gasteiger partial charge in [0.25, 0.3) is 0 Å². The Labute approximate surface area is 176 Å². The van der Waals surface area contributed by atoms with E-state index in [4.69, 9.17) is 0 Å². The topological polar surface area (TPSA) is 47.6 Å². The lowest BCUT2D eigenvalue weighted by atomic mass is 9.96. The Bertz CT molecular complexity index is 1310. The Hall–Kier alpha value is -4.40. The smallest absolute Gasteiger partial charge is 0.137 e. The van der Waals surface area contributed by atoms with Crippen LogP contribution in [0.25, 0.3) is 33.5 Å². The van der Waals surface area contributed by atoms with E-state index in [9.17, 15) is 10.5 Å². The Morgan fingerprint density at radius 1 is 0.633 bits per heavy atom. The number of hydrogen-bond acceptors (Lipinski definition) is 2. The highest BCUT2D eigenvalue weighted by molar-refractivity contribution is 5.91. The van der Waals surface area contributed by atoms with Crippen LogP contribution < -0.4 is 0 Å². The lowest BCUT2D eigenvalue weighted by Crippen LogP contribution is -1.87. The van der Waals surface area contributed by atoms with Crippen molar-refractivity contribution in [1.29, 1.82) is 10.5 Å². The molecular formula is C28H18N2. The van der Waals surface area contributed by atoms with Gasteiger partial charge in [-0.2, -0.15) is 10.5 Å². The molecule has 0 heterocycles. The average molecular weight is 382 g/mol. The van der Waals surface area contributed by atoms with Crippen LogP contribution in [0.4, 0.5) is 0 Å². The van der Waals surface area contributed by atoms with Crippen molar-refractivity contribution >= 4 is 22.4 Å². The van der Waals surface area contributed by atoms with Crippen LogP contribution in [-0.2, 0) is 0 Å². The fourth-order valence-corrected chi connectivity index (χ4v) is 3.42. The molecule has 140 valence electrons. The van der Waals surface area contributed by atoms with E-state index in [1.54, 1.807) is 0 Å². The number of nitrogens with zero attached hydrogens (tertiary/aromatic N) is 2. The highest BCUT2D eigenvalue weighted by Gasteiger charge is 2.07. The fraction of sp³-hybridized carbons (Fsp3) is 0. The van der Waals surface area contributed by atoms with Gasteiger partial charge in [-0.1, -0.05) is 103 Å². The van der Waals surface area contributed by atoms with Crippen molar-refractivity contribution in [1.82, 2.24) is 0 Å². The Balaban J connectivity index is 1.69. The van der Waals surface area contributed by atoms with Crippen molar-refractivity contribution in [2.24, 2.45) is 0 Å². The average Bonchev–Trinajstić information content (AvgIpc) is 2.82. The van der Waals surface area contributed by atoms with Gasteiger partial charge >= 0.3 is 0 Å². The number of allylic oxidation sites excluding steroid dienone is 3. The van der Waals surface area contributed by atoms with Crippen LogP contribution in [0.3, 0.4) is 0 Å². The van der Waals surface area contributed by atoms with Crippen molar-refractivity contribution in [3.63, 3.8) is 0 Å². The van der Waals surface area contributed by atoms with Gasteiger partial charge in [0.1, 0.15) is 17.7 Å². The third-order valence-corrected chi connectivity index (χ3v) is 5.01. The van der Waals surface area contributed by atoms with Gasteiger partial charge in [-0.3, -0.25) is 0 Å². The second kappa shape index (κ2) is 8.74. The summed E-state index contributed by atoms with van der Waals surface area (Å²) in [7, 11) is 0. The molecule has 0 fully saturated rings. The molecule has 0 amide bonds. The van der Waals surface area contributed by atoms with E-state index in [0.29, 0.717) is 5.57 Å². The predicted octanol–water partition coefficient (Wildman–Crippen LogP) is 7.02. The lowest BCUT2D eigenvalue weighted by molar-refractivity contribution is 1.46. The number of rotatable bonds is 4. The van der Waals surface area contributed by atoms with Gasteiger partial charge in [0, 0.05) is 5.57 Å². The maximum atomic E-state index is 9.47. The Kier molecular flexibility index (Phi) is 5.52. The molecule has 0 saturated heterocycles. The molecule has 0 radical (unpaired) electrons. The molecule has 2 heteroatoms. The maximum absolute atomic E-state index is 9.47. The Morgan fingerprint density at radius 3 is 1.97 bits per heavy atom. The van der Waals surface area contributed by atoms with Crippen LogP contribution in [0.15, 0.2) is 109 Å². The summed E-state index contributed by atoms with van der Waals surface area (Å²) in [6.07, 6.45) is 3.79. The van der Waals surface area contributed by atoms with Crippen molar-refractivity contribution in [3.8, 4) is 23.3 Å². The first-order valence-corrected chi connectivity index (χ1v) is 9.66. The normalized spacial score (nSPS) is 10.5. The highest BCUT2D eigenvalue weighted by Crippen LogP contribution is 2.26. The lowest BCUT2D eigenvalue weighted by Gasteiger charge is -2.06. The van der Waals surface area contributed by atoms with E-state index in [0.717, 1.165) is 27.5 Å².